The third-order valence-electron chi connectivity index (χ3n) is 4.35. The first kappa shape index (κ1) is 16.4. The van der Waals surface area contributed by atoms with E-state index in [1.54, 1.807) is 0 Å². The van der Waals surface area contributed by atoms with Crippen molar-refractivity contribution in [3.63, 3.8) is 0 Å². The summed E-state index contributed by atoms with van der Waals surface area (Å²) in [4.78, 5) is 22.9. The Balaban J connectivity index is 1.69. The average molecular weight is 323 g/mol. The van der Waals surface area contributed by atoms with Crippen LogP contribution in [0.1, 0.15) is 36.5 Å². The molecule has 2 aromatic rings. The van der Waals surface area contributed by atoms with E-state index in [-0.39, 0.29) is 18.0 Å². The molecule has 0 bridgehead atoms. The van der Waals surface area contributed by atoms with Gasteiger partial charge < -0.3 is 10.1 Å². The number of nitrogens with one attached hydrogen (secondary N) is 1. The summed E-state index contributed by atoms with van der Waals surface area (Å²) in [6, 6.07) is 17.7. The Bertz CT molecular complexity index is 699. The van der Waals surface area contributed by atoms with Crippen LogP contribution in [0.2, 0.25) is 0 Å². The molecule has 0 aliphatic carbocycles. The molecule has 3 rings (SSSR count). The monoisotopic (exact) mass is 323 g/mol. The number of rotatable bonds is 6. The normalized spacial score (nSPS) is 20.6. The minimum absolute atomic E-state index is 0.0826. The van der Waals surface area contributed by atoms with E-state index in [0.717, 1.165) is 18.4 Å². The SMILES string of the molecule is O=CNc1ccccc1[C@@H]1CC(=O)C[C@@H](CCc2ccccc2)O1. The van der Waals surface area contributed by atoms with E-state index in [4.69, 9.17) is 4.74 Å². The van der Waals surface area contributed by atoms with Crippen LogP contribution in [0.15, 0.2) is 54.6 Å². The molecule has 1 aliphatic rings. The van der Waals surface area contributed by atoms with Gasteiger partial charge in [-0.05, 0) is 24.5 Å². The van der Waals surface area contributed by atoms with E-state index in [0.29, 0.717) is 24.9 Å². The van der Waals surface area contributed by atoms with Crippen molar-refractivity contribution < 1.29 is 14.3 Å². The van der Waals surface area contributed by atoms with Crippen molar-refractivity contribution in [2.45, 2.75) is 37.9 Å². The number of aryl methyl sites for hydroxylation is 1. The van der Waals surface area contributed by atoms with Crippen LogP contribution in [-0.4, -0.2) is 18.3 Å². The largest absolute Gasteiger partial charge is 0.369 e. The van der Waals surface area contributed by atoms with Gasteiger partial charge in [0, 0.05) is 24.1 Å². The molecule has 1 saturated heterocycles. The molecule has 2 atom stereocenters. The fraction of sp³-hybridized carbons (Fsp3) is 0.300. The second-order valence-corrected chi connectivity index (χ2v) is 6.07. The number of ether oxygens (including phenoxy) is 1. The highest BCUT2D eigenvalue weighted by Gasteiger charge is 2.30. The van der Waals surface area contributed by atoms with E-state index in [9.17, 15) is 9.59 Å². The fourth-order valence-electron chi connectivity index (χ4n) is 3.17. The van der Waals surface area contributed by atoms with Gasteiger partial charge in [-0.3, -0.25) is 9.59 Å². The van der Waals surface area contributed by atoms with Crippen LogP contribution >= 0.6 is 0 Å². The van der Waals surface area contributed by atoms with E-state index in [1.807, 2.05) is 42.5 Å². The third kappa shape index (κ3) is 4.09. The number of para-hydroxylation sites is 1. The number of Topliss-reactive ketones (excluding diaryl/α,β-unsaturated/α-hetero) is 1. The lowest BCUT2D eigenvalue weighted by Crippen LogP contribution is -2.29. The molecule has 2 aromatic carbocycles. The van der Waals surface area contributed by atoms with Gasteiger partial charge in [-0.1, -0.05) is 48.5 Å². The van der Waals surface area contributed by atoms with E-state index in [2.05, 4.69) is 17.4 Å². The number of carbonyl (C=O) groups excluding carboxylic acids is 2. The van der Waals surface area contributed by atoms with E-state index < -0.39 is 0 Å². The van der Waals surface area contributed by atoms with Gasteiger partial charge in [0.05, 0.1) is 12.2 Å². The summed E-state index contributed by atoms with van der Waals surface area (Å²) in [5.74, 6) is 0.213. The number of ketones is 1. The zero-order valence-electron chi connectivity index (χ0n) is 13.5. The van der Waals surface area contributed by atoms with Crippen LogP contribution in [0.25, 0.3) is 0 Å². The second kappa shape index (κ2) is 7.88. The topological polar surface area (TPSA) is 55.4 Å². The lowest BCUT2D eigenvalue weighted by Gasteiger charge is -2.30. The minimum atomic E-state index is -0.296. The Morgan fingerprint density at radius 1 is 1.04 bits per heavy atom. The first-order valence-corrected chi connectivity index (χ1v) is 8.26. The summed E-state index contributed by atoms with van der Waals surface area (Å²) in [5.41, 5.74) is 2.81. The molecule has 124 valence electrons. The molecule has 1 amide bonds. The van der Waals surface area contributed by atoms with Gasteiger partial charge in [-0.2, -0.15) is 0 Å². The van der Waals surface area contributed by atoms with Gasteiger partial charge in [0.15, 0.2) is 0 Å². The first-order valence-electron chi connectivity index (χ1n) is 8.26. The maximum absolute atomic E-state index is 12.2. The van der Waals surface area contributed by atoms with Gasteiger partial charge in [-0.15, -0.1) is 0 Å². The number of carbonyl (C=O) groups is 2. The van der Waals surface area contributed by atoms with Crippen molar-refractivity contribution in [1.82, 2.24) is 0 Å². The molecule has 4 heteroatoms. The third-order valence-corrected chi connectivity index (χ3v) is 4.35. The first-order chi connectivity index (χ1) is 11.8. The molecular formula is C20H21NO3. The second-order valence-electron chi connectivity index (χ2n) is 6.07. The van der Waals surface area contributed by atoms with E-state index in [1.165, 1.54) is 5.56 Å². The maximum Gasteiger partial charge on any atom is 0.211 e. The minimum Gasteiger partial charge on any atom is -0.369 e. The summed E-state index contributed by atoms with van der Waals surface area (Å²) >= 11 is 0. The summed E-state index contributed by atoms with van der Waals surface area (Å²) in [7, 11) is 0. The van der Waals surface area contributed by atoms with Crippen molar-refractivity contribution in [3.05, 3.63) is 65.7 Å². The number of hydrogen-bond acceptors (Lipinski definition) is 3. The van der Waals surface area contributed by atoms with Gasteiger partial charge in [0.25, 0.3) is 0 Å². The van der Waals surface area contributed by atoms with Gasteiger partial charge >= 0.3 is 0 Å². The molecule has 0 radical (unpaired) electrons. The van der Waals surface area contributed by atoms with Gasteiger partial charge in [-0.25, -0.2) is 0 Å². The predicted octanol–water partition coefficient (Wildman–Crippen LogP) is 3.68. The molecule has 1 fully saturated rings. The molecule has 24 heavy (non-hydrogen) atoms. The summed E-state index contributed by atoms with van der Waals surface area (Å²) in [5, 5.41) is 2.69. The molecule has 0 saturated carbocycles. The highest BCUT2D eigenvalue weighted by molar-refractivity contribution is 5.81. The summed E-state index contributed by atoms with van der Waals surface area (Å²) < 4.78 is 6.17. The lowest BCUT2D eigenvalue weighted by atomic mass is 9.93. The number of benzene rings is 2. The smallest absolute Gasteiger partial charge is 0.211 e. The Hall–Kier alpha value is -2.46. The highest BCUT2D eigenvalue weighted by Crippen LogP contribution is 2.34. The average Bonchev–Trinajstić information content (AvgIpc) is 2.61. The number of hydrogen-bond donors (Lipinski definition) is 1. The molecule has 0 aromatic heterocycles. The zero-order valence-corrected chi connectivity index (χ0v) is 13.5. The van der Waals surface area contributed by atoms with Crippen LogP contribution in [0, 0.1) is 0 Å². The zero-order chi connectivity index (χ0) is 16.8. The van der Waals surface area contributed by atoms with Crippen LogP contribution in [0.3, 0.4) is 0 Å². The maximum atomic E-state index is 12.2. The van der Waals surface area contributed by atoms with Crippen molar-refractivity contribution in [2.24, 2.45) is 0 Å². The molecule has 1 aliphatic heterocycles. The molecular weight excluding hydrogens is 302 g/mol. The van der Waals surface area contributed by atoms with Crippen LogP contribution < -0.4 is 5.32 Å². The standard InChI is InChI=1S/C20H21NO3/c22-14-21-19-9-5-4-8-18(19)20-13-16(23)12-17(24-20)11-10-15-6-2-1-3-7-15/h1-9,14,17,20H,10-13H2,(H,21,22)/t17-,20+/m1/s1. The van der Waals surface area contributed by atoms with Crippen LogP contribution in [0.5, 0.6) is 0 Å². The van der Waals surface area contributed by atoms with Crippen molar-refractivity contribution in [1.29, 1.82) is 0 Å². The lowest BCUT2D eigenvalue weighted by molar-refractivity contribution is -0.136. The van der Waals surface area contributed by atoms with Gasteiger partial charge in [0.1, 0.15) is 5.78 Å². The van der Waals surface area contributed by atoms with Crippen LogP contribution in [-0.2, 0) is 20.7 Å². The highest BCUT2D eigenvalue weighted by atomic mass is 16.5. The fourth-order valence-corrected chi connectivity index (χ4v) is 3.17. The Kier molecular flexibility index (Phi) is 5.39. The number of anilines is 1. The Labute approximate surface area is 141 Å². The Morgan fingerprint density at radius 2 is 1.79 bits per heavy atom. The summed E-state index contributed by atoms with van der Waals surface area (Å²) in [6.07, 6.45) is 2.80. The van der Waals surface area contributed by atoms with E-state index >= 15 is 0 Å². The molecule has 1 heterocycles. The van der Waals surface area contributed by atoms with Gasteiger partial charge in [0.2, 0.25) is 6.41 Å². The number of amides is 1. The van der Waals surface area contributed by atoms with Crippen molar-refractivity contribution >= 4 is 17.9 Å². The summed E-state index contributed by atoms with van der Waals surface area (Å²) in [6.45, 7) is 0. The van der Waals surface area contributed by atoms with Crippen molar-refractivity contribution in [3.8, 4) is 0 Å². The van der Waals surface area contributed by atoms with Crippen LogP contribution in [0.4, 0.5) is 5.69 Å². The molecule has 1 N–H and O–H groups in total. The predicted molar refractivity (Wildman–Crippen MR) is 92.7 cm³/mol. The molecule has 0 unspecified atom stereocenters. The quantitative estimate of drug-likeness (QED) is 0.825. The Morgan fingerprint density at radius 3 is 2.58 bits per heavy atom. The van der Waals surface area contributed by atoms with Crippen molar-refractivity contribution in [2.75, 3.05) is 5.32 Å². The molecule has 0 spiro atoms. The molecule has 4 nitrogen and oxygen atoms in total.